The van der Waals surface area contributed by atoms with E-state index in [2.05, 4.69) is 34.5 Å². The van der Waals surface area contributed by atoms with E-state index in [9.17, 15) is 0 Å². The third-order valence-electron chi connectivity index (χ3n) is 1.51. The van der Waals surface area contributed by atoms with Crippen molar-refractivity contribution in [2.24, 2.45) is 0 Å². The van der Waals surface area contributed by atoms with Crippen LogP contribution in [-0.4, -0.2) is 6.54 Å². The van der Waals surface area contributed by atoms with Crippen molar-refractivity contribution in [2.45, 2.75) is 6.92 Å². The summed E-state index contributed by atoms with van der Waals surface area (Å²) in [5, 5.41) is 3.96. The van der Waals surface area contributed by atoms with Crippen LogP contribution in [0.15, 0.2) is 30.4 Å². The molecule has 0 amide bonds. The molecule has 1 rings (SSSR count). The van der Waals surface area contributed by atoms with Crippen LogP contribution in [0.4, 0.5) is 5.69 Å². The number of halogens is 2. The molecule has 0 spiro atoms. The Morgan fingerprint density at radius 2 is 2.31 bits per heavy atom. The fourth-order valence-electron chi connectivity index (χ4n) is 0.879. The van der Waals surface area contributed by atoms with Crippen LogP contribution in [0.2, 0.25) is 5.02 Å². The first-order valence-corrected chi connectivity index (χ1v) is 5.38. The molecule has 1 nitrogen and oxygen atoms in total. The summed E-state index contributed by atoms with van der Waals surface area (Å²) in [7, 11) is 0. The maximum Gasteiger partial charge on any atom is 0.0648 e. The lowest BCUT2D eigenvalue weighted by molar-refractivity contribution is 1.22. The van der Waals surface area contributed by atoms with Gasteiger partial charge in [0.25, 0.3) is 0 Å². The molecule has 0 atom stereocenters. The Labute approximate surface area is 97.3 Å². The first-order chi connectivity index (χ1) is 6.09. The van der Waals surface area contributed by atoms with Crippen LogP contribution in [-0.2, 0) is 0 Å². The molecule has 0 aliphatic carbocycles. The predicted octanol–water partition coefficient (Wildman–Crippen LogP) is 3.93. The third kappa shape index (κ3) is 3.56. The summed E-state index contributed by atoms with van der Waals surface area (Å²) in [4.78, 5) is 0. The summed E-state index contributed by atoms with van der Waals surface area (Å²) in [6, 6.07) is 5.93. The zero-order chi connectivity index (χ0) is 9.84. The van der Waals surface area contributed by atoms with E-state index < -0.39 is 0 Å². The van der Waals surface area contributed by atoms with Gasteiger partial charge in [-0.15, -0.1) is 0 Å². The Morgan fingerprint density at radius 3 is 2.85 bits per heavy atom. The van der Waals surface area contributed by atoms with E-state index in [-0.39, 0.29) is 0 Å². The van der Waals surface area contributed by atoms with Gasteiger partial charge >= 0.3 is 0 Å². The van der Waals surface area contributed by atoms with Crippen molar-refractivity contribution in [1.82, 2.24) is 0 Å². The minimum absolute atomic E-state index is 0.758. The highest BCUT2D eigenvalue weighted by molar-refractivity contribution is 14.1. The fraction of sp³-hybridized carbons (Fsp3) is 0.200. The fourth-order valence-corrected chi connectivity index (χ4v) is 1.80. The van der Waals surface area contributed by atoms with Crippen molar-refractivity contribution in [1.29, 1.82) is 0 Å². The molecule has 13 heavy (non-hydrogen) atoms. The van der Waals surface area contributed by atoms with E-state index in [1.165, 1.54) is 0 Å². The molecule has 0 aromatic heterocycles. The van der Waals surface area contributed by atoms with Crippen molar-refractivity contribution in [3.63, 3.8) is 0 Å². The molecule has 1 N–H and O–H groups in total. The number of nitrogens with one attached hydrogen (secondary N) is 1. The van der Waals surface area contributed by atoms with Crippen LogP contribution in [0.1, 0.15) is 6.92 Å². The molecule has 0 saturated carbocycles. The smallest absolute Gasteiger partial charge is 0.0648 e. The molecular weight excluding hydrogens is 296 g/mol. The highest BCUT2D eigenvalue weighted by atomic mass is 127. The number of rotatable bonds is 3. The molecular formula is C10H11ClIN. The average Bonchev–Trinajstić information content (AvgIpc) is 2.02. The van der Waals surface area contributed by atoms with Gasteiger partial charge in [0, 0.05) is 10.1 Å². The van der Waals surface area contributed by atoms with E-state index in [0.29, 0.717) is 0 Å². The first kappa shape index (κ1) is 10.9. The largest absolute Gasteiger partial charge is 0.380 e. The Hall–Kier alpha value is -0.220. The number of hydrogen-bond donors (Lipinski definition) is 1. The van der Waals surface area contributed by atoms with E-state index in [1.54, 1.807) is 0 Å². The monoisotopic (exact) mass is 307 g/mol. The molecule has 0 saturated heterocycles. The van der Waals surface area contributed by atoms with Crippen LogP contribution >= 0.6 is 34.2 Å². The lowest BCUT2D eigenvalue weighted by Crippen LogP contribution is -2.02. The topological polar surface area (TPSA) is 12.0 Å². The number of anilines is 1. The Morgan fingerprint density at radius 1 is 1.62 bits per heavy atom. The van der Waals surface area contributed by atoms with Gasteiger partial charge in [0.1, 0.15) is 0 Å². The Balaban J connectivity index is 2.72. The molecule has 0 fully saturated rings. The van der Waals surface area contributed by atoms with Crippen molar-refractivity contribution in [3.05, 3.63) is 38.9 Å². The maximum absolute atomic E-state index is 6.02. The summed E-state index contributed by atoms with van der Waals surface area (Å²) in [5.74, 6) is 0. The second kappa shape index (κ2) is 4.86. The first-order valence-electron chi connectivity index (χ1n) is 3.93. The van der Waals surface area contributed by atoms with Crippen LogP contribution < -0.4 is 5.32 Å². The minimum Gasteiger partial charge on any atom is -0.380 e. The van der Waals surface area contributed by atoms with Gasteiger partial charge in [0.15, 0.2) is 0 Å². The second-order valence-corrected chi connectivity index (χ2v) is 4.59. The Kier molecular flexibility index (Phi) is 4.06. The summed E-state index contributed by atoms with van der Waals surface area (Å²) >= 11 is 8.25. The molecule has 0 heterocycles. The van der Waals surface area contributed by atoms with Gasteiger partial charge in [-0.25, -0.2) is 0 Å². The van der Waals surface area contributed by atoms with Crippen LogP contribution in [0, 0.1) is 3.57 Å². The number of hydrogen-bond acceptors (Lipinski definition) is 1. The third-order valence-corrected chi connectivity index (χ3v) is 2.50. The van der Waals surface area contributed by atoms with Gasteiger partial charge < -0.3 is 5.32 Å². The van der Waals surface area contributed by atoms with Gasteiger partial charge in [-0.1, -0.05) is 23.8 Å². The quantitative estimate of drug-likeness (QED) is 0.659. The molecule has 0 bridgehead atoms. The van der Waals surface area contributed by atoms with Crippen LogP contribution in [0.25, 0.3) is 0 Å². The van der Waals surface area contributed by atoms with Gasteiger partial charge in [-0.05, 0) is 47.7 Å². The standard InChI is InChI=1S/C10H11ClIN/c1-7(2)6-13-10-4-3-8(12)5-9(10)11/h3-5,13H,1,6H2,2H3. The highest BCUT2D eigenvalue weighted by Crippen LogP contribution is 2.23. The van der Waals surface area contributed by atoms with Crippen LogP contribution in [0.5, 0.6) is 0 Å². The summed E-state index contributed by atoms with van der Waals surface area (Å²) in [5.41, 5.74) is 2.06. The minimum atomic E-state index is 0.758. The van der Waals surface area contributed by atoms with E-state index in [0.717, 1.165) is 26.4 Å². The Bertz CT molecular complexity index is 323. The molecule has 1 aromatic carbocycles. The van der Waals surface area contributed by atoms with Crippen molar-refractivity contribution < 1.29 is 0 Å². The molecule has 3 heteroatoms. The van der Waals surface area contributed by atoms with Crippen molar-refractivity contribution in [3.8, 4) is 0 Å². The van der Waals surface area contributed by atoms with Gasteiger partial charge in [0.05, 0.1) is 10.7 Å². The highest BCUT2D eigenvalue weighted by Gasteiger charge is 1.99. The van der Waals surface area contributed by atoms with Gasteiger partial charge in [-0.2, -0.15) is 0 Å². The molecule has 0 unspecified atom stereocenters. The summed E-state index contributed by atoms with van der Waals surface area (Å²) in [6.07, 6.45) is 0. The normalized spacial score (nSPS) is 9.77. The van der Waals surface area contributed by atoms with Crippen molar-refractivity contribution in [2.75, 3.05) is 11.9 Å². The summed E-state index contributed by atoms with van der Waals surface area (Å²) < 4.78 is 1.14. The zero-order valence-electron chi connectivity index (χ0n) is 7.40. The van der Waals surface area contributed by atoms with Crippen molar-refractivity contribution >= 4 is 39.9 Å². The number of benzene rings is 1. The molecule has 0 aliphatic heterocycles. The predicted molar refractivity (Wildman–Crippen MR) is 67.5 cm³/mol. The van der Waals surface area contributed by atoms with Gasteiger partial charge in [-0.3, -0.25) is 0 Å². The lowest BCUT2D eigenvalue weighted by atomic mass is 10.3. The SMILES string of the molecule is C=C(C)CNc1ccc(I)cc1Cl. The molecule has 70 valence electrons. The second-order valence-electron chi connectivity index (χ2n) is 2.93. The van der Waals surface area contributed by atoms with E-state index >= 15 is 0 Å². The zero-order valence-corrected chi connectivity index (χ0v) is 10.3. The maximum atomic E-state index is 6.02. The van der Waals surface area contributed by atoms with E-state index in [1.807, 2.05) is 25.1 Å². The van der Waals surface area contributed by atoms with E-state index in [4.69, 9.17) is 11.6 Å². The molecule has 0 aliphatic rings. The molecule has 1 aromatic rings. The summed E-state index contributed by atoms with van der Waals surface area (Å²) in [6.45, 7) is 6.55. The molecule has 0 radical (unpaired) electrons. The average molecular weight is 308 g/mol. The lowest BCUT2D eigenvalue weighted by Gasteiger charge is -2.07. The van der Waals surface area contributed by atoms with Crippen LogP contribution in [0.3, 0.4) is 0 Å². The van der Waals surface area contributed by atoms with Gasteiger partial charge in [0.2, 0.25) is 0 Å².